The number of carbonyl (C=O) groups is 1. The molecular formula is C14H22O2. The standard InChI is InChI=1S/C14H22O2/c1-5-16-14(15)11-7-10-13(4)9-6-8-12(2)3/h7-8,10-11H,5-6,9H2,1-4H3/b11-7-,13-10-. The van der Waals surface area contributed by atoms with Crippen LogP contribution in [0.1, 0.15) is 40.5 Å². The second-order valence-corrected chi connectivity index (χ2v) is 3.94. The van der Waals surface area contributed by atoms with E-state index in [-0.39, 0.29) is 5.97 Å². The summed E-state index contributed by atoms with van der Waals surface area (Å²) in [7, 11) is 0. The number of rotatable bonds is 6. The monoisotopic (exact) mass is 222 g/mol. The summed E-state index contributed by atoms with van der Waals surface area (Å²) in [6, 6.07) is 0. The summed E-state index contributed by atoms with van der Waals surface area (Å²) in [4.78, 5) is 11.0. The zero-order valence-corrected chi connectivity index (χ0v) is 10.7. The Labute approximate surface area is 98.7 Å². The van der Waals surface area contributed by atoms with Gasteiger partial charge in [0.2, 0.25) is 0 Å². The van der Waals surface area contributed by atoms with E-state index in [1.807, 2.05) is 6.08 Å². The Bertz CT molecular complexity index is 292. The Morgan fingerprint density at radius 1 is 1.25 bits per heavy atom. The Kier molecular flexibility index (Phi) is 8.22. The van der Waals surface area contributed by atoms with Crippen molar-refractivity contribution < 1.29 is 9.53 Å². The highest BCUT2D eigenvalue weighted by atomic mass is 16.5. The first kappa shape index (κ1) is 14.7. The molecule has 0 heterocycles. The third kappa shape index (κ3) is 9.25. The first-order valence-corrected chi connectivity index (χ1v) is 5.70. The Morgan fingerprint density at radius 3 is 2.50 bits per heavy atom. The van der Waals surface area contributed by atoms with Crippen molar-refractivity contribution in [3.63, 3.8) is 0 Å². The molecule has 2 nitrogen and oxygen atoms in total. The lowest BCUT2D eigenvalue weighted by Gasteiger charge is -1.97. The maximum atomic E-state index is 11.0. The Morgan fingerprint density at radius 2 is 1.94 bits per heavy atom. The molecule has 0 aliphatic heterocycles. The highest BCUT2D eigenvalue weighted by molar-refractivity contribution is 5.82. The minimum absolute atomic E-state index is 0.282. The van der Waals surface area contributed by atoms with E-state index in [0.717, 1.165) is 12.8 Å². The van der Waals surface area contributed by atoms with Crippen molar-refractivity contribution >= 4 is 5.97 Å². The largest absolute Gasteiger partial charge is 0.463 e. The summed E-state index contributed by atoms with van der Waals surface area (Å²) in [6.07, 6.45) is 9.45. The van der Waals surface area contributed by atoms with Gasteiger partial charge in [-0.25, -0.2) is 4.79 Å². The van der Waals surface area contributed by atoms with Gasteiger partial charge in [0.25, 0.3) is 0 Å². The van der Waals surface area contributed by atoms with Crippen LogP contribution in [0.25, 0.3) is 0 Å². The zero-order valence-electron chi connectivity index (χ0n) is 10.7. The van der Waals surface area contributed by atoms with Gasteiger partial charge in [0.15, 0.2) is 0 Å². The molecule has 0 radical (unpaired) electrons. The van der Waals surface area contributed by atoms with Crippen LogP contribution < -0.4 is 0 Å². The van der Waals surface area contributed by atoms with Crippen LogP contribution in [0.4, 0.5) is 0 Å². The number of allylic oxidation sites excluding steroid dienone is 5. The van der Waals surface area contributed by atoms with Gasteiger partial charge in [-0.05, 0) is 40.5 Å². The van der Waals surface area contributed by atoms with Crippen LogP contribution in [-0.4, -0.2) is 12.6 Å². The average Bonchev–Trinajstić information content (AvgIpc) is 2.17. The molecule has 0 fully saturated rings. The fourth-order valence-electron chi connectivity index (χ4n) is 1.15. The van der Waals surface area contributed by atoms with E-state index in [1.165, 1.54) is 17.2 Å². The second kappa shape index (κ2) is 8.96. The van der Waals surface area contributed by atoms with Crippen molar-refractivity contribution in [2.24, 2.45) is 0 Å². The molecule has 2 heteroatoms. The molecule has 0 saturated carbocycles. The molecule has 0 bridgehead atoms. The summed E-state index contributed by atoms with van der Waals surface area (Å²) in [5, 5.41) is 0. The molecule has 0 saturated heterocycles. The summed E-state index contributed by atoms with van der Waals surface area (Å²) in [5.41, 5.74) is 2.60. The van der Waals surface area contributed by atoms with Crippen LogP contribution in [0.3, 0.4) is 0 Å². The van der Waals surface area contributed by atoms with E-state index >= 15 is 0 Å². The number of esters is 1. The van der Waals surface area contributed by atoms with E-state index in [4.69, 9.17) is 4.74 Å². The van der Waals surface area contributed by atoms with Gasteiger partial charge in [-0.2, -0.15) is 0 Å². The van der Waals surface area contributed by atoms with Crippen LogP contribution in [-0.2, 0) is 9.53 Å². The van der Waals surface area contributed by atoms with Crippen molar-refractivity contribution in [2.75, 3.05) is 6.61 Å². The second-order valence-electron chi connectivity index (χ2n) is 3.94. The predicted molar refractivity (Wildman–Crippen MR) is 68.2 cm³/mol. The third-order valence-corrected chi connectivity index (χ3v) is 1.99. The van der Waals surface area contributed by atoms with Crippen LogP contribution in [0, 0.1) is 0 Å². The maximum absolute atomic E-state index is 11.0. The lowest BCUT2D eigenvalue weighted by atomic mass is 10.1. The van der Waals surface area contributed by atoms with Crippen molar-refractivity contribution in [3.8, 4) is 0 Å². The van der Waals surface area contributed by atoms with Gasteiger partial charge in [-0.3, -0.25) is 0 Å². The number of hydrogen-bond acceptors (Lipinski definition) is 2. The molecule has 0 amide bonds. The minimum atomic E-state index is -0.282. The Hall–Kier alpha value is -1.31. The lowest BCUT2D eigenvalue weighted by molar-refractivity contribution is -0.137. The quantitative estimate of drug-likeness (QED) is 0.296. The molecule has 0 aliphatic rings. The zero-order chi connectivity index (χ0) is 12.4. The average molecular weight is 222 g/mol. The van der Waals surface area contributed by atoms with E-state index in [0.29, 0.717) is 6.61 Å². The van der Waals surface area contributed by atoms with Gasteiger partial charge in [0.05, 0.1) is 6.61 Å². The van der Waals surface area contributed by atoms with E-state index in [9.17, 15) is 4.79 Å². The lowest BCUT2D eigenvalue weighted by Crippen LogP contribution is -1.98. The van der Waals surface area contributed by atoms with Crippen LogP contribution >= 0.6 is 0 Å². The first-order valence-electron chi connectivity index (χ1n) is 5.70. The molecule has 0 aliphatic carbocycles. The van der Waals surface area contributed by atoms with Crippen LogP contribution in [0.2, 0.25) is 0 Å². The van der Waals surface area contributed by atoms with Crippen molar-refractivity contribution in [1.29, 1.82) is 0 Å². The number of ether oxygens (including phenoxy) is 1. The highest BCUT2D eigenvalue weighted by Gasteiger charge is 1.91. The van der Waals surface area contributed by atoms with Gasteiger partial charge in [0.1, 0.15) is 0 Å². The minimum Gasteiger partial charge on any atom is -0.463 e. The van der Waals surface area contributed by atoms with E-state index in [1.54, 1.807) is 13.0 Å². The summed E-state index contributed by atoms with van der Waals surface area (Å²) in [6.45, 7) is 8.48. The third-order valence-electron chi connectivity index (χ3n) is 1.99. The van der Waals surface area contributed by atoms with Gasteiger partial charge in [0, 0.05) is 6.08 Å². The molecule has 0 N–H and O–H groups in total. The Balaban J connectivity index is 3.95. The number of carbonyl (C=O) groups excluding carboxylic acids is 1. The molecule has 0 unspecified atom stereocenters. The molecule has 0 aromatic rings. The smallest absolute Gasteiger partial charge is 0.330 e. The van der Waals surface area contributed by atoms with Gasteiger partial charge in [-0.1, -0.05) is 29.4 Å². The van der Waals surface area contributed by atoms with Crippen molar-refractivity contribution in [1.82, 2.24) is 0 Å². The van der Waals surface area contributed by atoms with Gasteiger partial charge in [-0.15, -0.1) is 0 Å². The molecule has 0 aromatic heterocycles. The van der Waals surface area contributed by atoms with Crippen molar-refractivity contribution in [3.05, 3.63) is 35.5 Å². The molecule has 90 valence electrons. The highest BCUT2D eigenvalue weighted by Crippen LogP contribution is 2.06. The SMILES string of the molecule is CCOC(=O)/C=C\C=C(\C)CCC=C(C)C. The topological polar surface area (TPSA) is 26.3 Å². The molecular weight excluding hydrogens is 200 g/mol. The normalized spacial score (nSPS) is 11.6. The summed E-state index contributed by atoms with van der Waals surface area (Å²) >= 11 is 0. The van der Waals surface area contributed by atoms with Gasteiger partial charge >= 0.3 is 5.97 Å². The number of hydrogen-bond donors (Lipinski definition) is 0. The molecule has 0 spiro atoms. The first-order chi connectivity index (χ1) is 7.56. The van der Waals surface area contributed by atoms with Crippen LogP contribution in [0.5, 0.6) is 0 Å². The maximum Gasteiger partial charge on any atom is 0.330 e. The summed E-state index contributed by atoms with van der Waals surface area (Å²) < 4.78 is 4.77. The van der Waals surface area contributed by atoms with E-state index in [2.05, 4.69) is 26.8 Å². The molecule has 0 rings (SSSR count). The van der Waals surface area contributed by atoms with Crippen LogP contribution in [0.15, 0.2) is 35.5 Å². The van der Waals surface area contributed by atoms with Crippen molar-refractivity contribution in [2.45, 2.75) is 40.5 Å². The summed E-state index contributed by atoms with van der Waals surface area (Å²) in [5.74, 6) is -0.282. The molecule has 0 atom stereocenters. The molecule has 0 aromatic carbocycles. The fraction of sp³-hybridized carbons (Fsp3) is 0.500. The molecule has 16 heavy (non-hydrogen) atoms. The predicted octanol–water partition coefficient (Wildman–Crippen LogP) is 3.80. The van der Waals surface area contributed by atoms with Gasteiger partial charge < -0.3 is 4.74 Å². The van der Waals surface area contributed by atoms with E-state index < -0.39 is 0 Å². The fourth-order valence-corrected chi connectivity index (χ4v) is 1.15.